The summed E-state index contributed by atoms with van der Waals surface area (Å²) in [6, 6.07) is 15.3. The number of carbonyl (C=O) groups excluding carboxylic acids is 1. The number of carbonyl (C=O) groups is 1. The number of aryl methyl sites for hydroxylation is 1. The molecule has 0 spiro atoms. The second kappa shape index (κ2) is 6.57. The van der Waals surface area contributed by atoms with Crippen LogP contribution in [0.4, 0.5) is 10.5 Å². The maximum absolute atomic E-state index is 12.0. The molecule has 0 aliphatic carbocycles. The summed E-state index contributed by atoms with van der Waals surface area (Å²) >= 11 is 3.49. The van der Waals surface area contributed by atoms with Crippen LogP contribution < -0.4 is 10.6 Å². The molecule has 2 N–H and O–H groups in total. The van der Waals surface area contributed by atoms with Crippen molar-refractivity contribution in [2.75, 3.05) is 5.32 Å². The topological polar surface area (TPSA) is 41.1 Å². The summed E-state index contributed by atoms with van der Waals surface area (Å²) in [7, 11) is 0. The lowest BCUT2D eigenvalue weighted by atomic mass is 10.1. The second-order valence-corrected chi connectivity index (χ2v) is 5.51. The van der Waals surface area contributed by atoms with Crippen molar-refractivity contribution in [3.63, 3.8) is 0 Å². The summed E-state index contributed by atoms with van der Waals surface area (Å²) in [5.74, 6) is 0. The van der Waals surface area contributed by atoms with Gasteiger partial charge in [0.15, 0.2) is 0 Å². The first kappa shape index (κ1) is 14.6. The van der Waals surface area contributed by atoms with Crippen molar-refractivity contribution in [2.45, 2.75) is 19.9 Å². The van der Waals surface area contributed by atoms with Crippen LogP contribution in [0.2, 0.25) is 0 Å². The average Bonchev–Trinajstić information content (AvgIpc) is 2.41. The Morgan fingerprint density at radius 3 is 2.45 bits per heavy atom. The molecule has 0 bridgehead atoms. The molecule has 0 unspecified atom stereocenters. The number of halogens is 1. The lowest BCUT2D eigenvalue weighted by Gasteiger charge is -2.17. The molecule has 0 saturated heterocycles. The third-order valence-electron chi connectivity index (χ3n) is 3.11. The minimum Gasteiger partial charge on any atom is -0.331 e. The molecule has 0 aliphatic heterocycles. The van der Waals surface area contributed by atoms with Gasteiger partial charge >= 0.3 is 6.03 Å². The van der Waals surface area contributed by atoms with E-state index in [0.29, 0.717) is 0 Å². The van der Waals surface area contributed by atoms with E-state index < -0.39 is 0 Å². The van der Waals surface area contributed by atoms with E-state index in [9.17, 15) is 4.79 Å². The van der Waals surface area contributed by atoms with E-state index in [2.05, 4.69) is 26.6 Å². The molecule has 0 aromatic heterocycles. The molecule has 1 atom stereocenters. The van der Waals surface area contributed by atoms with Gasteiger partial charge in [-0.3, -0.25) is 0 Å². The van der Waals surface area contributed by atoms with Gasteiger partial charge in [-0.25, -0.2) is 4.79 Å². The zero-order valence-electron chi connectivity index (χ0n) is 11.5. The third kappa shape index (κ3) is 3.61. The zero-order chi connectivity index (χ0) is 14.5. The Balaban J connectivity index is 2.02. The van der Waals surface area contributed by atoms with Crippen LogP contribution in [0.1, 0.15) is 24.1 Å². The van der Waals surface area contributed by atoms with Crippen LogP contribution in [0.25, 0.3) is 0 Å². The van der Waals surface area contributed by atoms with Crippen LogP contribution >= 0.6 is 15.9 Å². The number of nitrogens with one attached hydrogen (secondary N) is 2. The maximum atomic E-state index is 12.0. The fourth-order valence-electron chi connectivity index (χ4n) is 1.97. The minimum absolute atomic E-state index is 0.0745. The molecule has 2 aromatic carbocycles. The number of amides is 2. The Morgan fingerprint density at radius 2 is 1.75 bits per heavy atom. The van der Waals surface area contributed by atoms with Gasteiger partial charge in [0, 0.05) is 10.2 Å². The van der Waals surface area contributed by atoms with Gasteiger partial charge in [-0.15, -0.1) is 0 Å². The van der Waals surface area contributed by atoms with Crippen molar-refractivity contribution < 1.29 is 4.79 Å². The normalized spacial score (nSPS) is 11.8. The van der Waals surface area contributed by atoms with Crippen LogP contribution in [0.3, 0.4) is 0 Å². The van der Waals surface area contributed by atoms with Crippen LogP contribution in [-0.4, -0.2) is 6.03 Å². The quantitative estimate of drug-likeness (QED) is 0.844. The van der Waals surface area contributed by atoms with Gasteiger partial charge in [0.1, 0.15) is 0 Å². The monoisotopic (exact) mass is 332 g/mol. The molecular weight excluding hydrogens is 316 g/mol. The Bertz CT molecular complexity index is 613. The van der Waals surface area contributed by atoms with Crippen molar-refractivity contribution in [1.29, 1.82) is 0 Å². The number of benzene rings is 2. The molecule has 2 amide bonds. The summed E-state index contributed by atoms with van der Waals surface area (Å²) in [5.41, 5.74) is 2.91. The first-order valence-electron chi connectivity index (χ1n) is 6.45. The molecule has 104 valence electrons. The number of anilines is 1. The molecule has 0 heterocycles. The number of hydrogen-bond acceptors (Lipinski definition) is 1. The first-order valence-corrected chi connectivity index (χ1v) is 7.25. The van der Waals surface area contributed by atoms with Crippen LogP contribution in [0.5, 0.6) is 0 Å². The molecule has 2 rings (SSSR count). The summed E-state index contributed by atoms with van der Waals surface area (Å²) in [4.78, 5) is 12.0. The van der Waals surface area contributed by atoms with Crippen molar-refractivity contribution in [3.8, 4) is 0 Å². The molecule has 2 aromatic rings. The second-order valence-electron chi connectivity index (χ2n) is 4.66. The molecule has 0 fully saturated rings. The molecule has 0 aliphatic rings. The van der Waals surface area contributed by atoms with Crippen LogP contribution in [0.15, 0.2) is 53.0 Å². The van der Waals surface area contributed by atoms with E-state index in [1.54, 1.807) is 0 Å². The Labute approximate surface area is 127 Å². The van der Waals surface area contributed by atoms with Crippen molar-refractivity contribution in [2.24, 2.45) is 0 Å². The SMILES string of the molecule is Cc1ccccc1NC(=O)N[C@@H](C)c1ccccc1Br. The lowest BCUT2D eigenvalue weighted by Crippen LogP contribution is -2.31. The summed E-state index contributed by atoms with van der Waals surface area (Å²) in [5, 5.41) is 5.80. The van der Waals surface area contributed by atoms with Gasteiger partial charge < -0.3 is 10.6 Å². The minimum atomic E-state index is -0.206. The summed E-state index contributed by atoms with van der Waals surface area (Å²) in [6.07, 6.45) is 0. The lowest BCUT2D eigenvalue weighted by molar-refractivity contribution is 0.249. The first-order chi connectivity index (χ1) is 9.58. The molecule has 20 heavy (non-hydrogen) atoms. The number of urea groups is 1. The van der Waals surface area contributed by atoms with E-state index in [1.165, 1.54) is 0 Å². The summed E-state index contributed by atoms with van der Waals surface area (Å²) < 4.78 is 0.990. The molecule has 0 saturated carbocycles. The van der Waals surface area contributed by atoms with E-state index in [-0.39, 0.29) is 12.1 Å². The third-order valence-corrected chi connectivity index (χ3v) is 3.83. The van der Waals surface area contributed by atoms with Crippen molar-refractivity contribution in [3.05, 3.63) is 64.1 Å². The van der Waals surface area contributed by atoms with Gasteiger partial charge in [-0.05, 0) is 37.1 Å². The highest BCUT2D eigenvalue weighted by molar-refractivity contribution is 9.10. The Kier molecular flexibility index (Phi) is 4.79. The van der Waals surface area contributed by atoms with Gasteiger partial charge in [0.05, 0.1) is 6.04 Å². The number of para-hydroxylation sites is 1. The van der Waals surface area contributed by atoms with Gasteiger partial charge in [-0.1, -0.05) is 52.3 Å². The fraction of sp³-hybridized carbons (Fsp3) is 0.188. The Hall–Kier alpha value is -1.81. The summed E-state index contributed by atoms with van der Waals surface area (Å²) in [6.45, 7) is 3.92. The molecule has 4 heteroatoms. The molecular formula is C16H17BrN2O. The van der Waals surface area contributed by atoms with Crippen molar-refractivity contribution in [1.82, 2.24) is 5.32 Å². The highest BCUT2D eigenvalue weighted by Gasteiger charge is 2.12. The van der Waals surface area contributed by atoms with Crippen LogP contribution in [-0.2, 0) is 0 Å². The van der Waals surface area contributed by atoms with E-state index in [0.717, 1.165) is 21.3 Å². The fourth-order valence-corrected chi connectivity index (χ4v) is 2.60. The smallest absolute Gasteiger partial charge is 0.319 e. The van der Waals surface area contributed by atoms with Crippen LogP contribution in [0, 0.1) is 6.92 Å². The highest BCUT2D eigenvalue weighted by atomic mass is 79.9. The molecule has 0 radical (unpaired) electrons. The van der Waals surface area contributed by atoms with E-state index in [1.807, 2.05) is 62.4 Å². The largest absolute Gasteiger partial charge is 0.331 e. The number of hydrogen-bond donors (Lipinski definition) is 2. The highest BCUT2D eigenvalue weighted by Crippen LogP contribution is 2.22. The van der Waals surface area contributed by atoms with Crippen molar-refractivity contribution >= 4 is 27.6 Å². The molecule has 3 nitrogen and oxygen atoms in total. The average molecular weight is 333 g/mol. The maximum Gasteiger partial charge on any atom is 0.319 e. The number of rotatable bonds is 3. The van der Waals surface area contributed by atoms with Gasteiger partial charge in [-0.2, -0.15) is 0 Å². The van der Waals surface area contributed by atoms with E-state index in [4.69, 9.17) is 0 Å². The standard InChI is InChI=1S/C16H17BrN2O/c1-11-7-3-6-10-15(11)19-16(20)18-12(2)13-8-4-5-9-14(13)17/h3-10,12H,1-2H3,(H2,18,19,20)/t12-/m0/s1. The predicted octanol–water partition coefficient (Wildman–Crippen LogP) is 4.64. The Morgan fingerprint density at radius 1 is 1.10 bits per heavy atom. The van der Waals surface area contributed by atoms with Gasteiger partial charge in [0.25, 0.3) is 0 Å². The van der Waals surface area contributed by atoms with E-state index >= 15 is 0 Å². The predicted molar refractivity (Wildman–Crippen MR) is 85.9 cm³/mol. The zero-order valence-corrected chi connectivity index (χ0v) is 13.1. The van der Waals surface area contributed by atoms with Gasteiger partial charge in [0.2, 0.25) is 0 Å².